The summed E-state index contributed by atoms with van der Waals surface area (Å²) in [6, 6.07) is 6.62. The Bertz CT molecular complexity index is 517. The van der Waals surface area contributed by atoms with Gasteiger partial charge in [0, 0.05) is 23.6 Å². The van der Waals surface area contributed by atoms with Gasteiger partial charge < -0.3 is 14.8 Å². The lowest BCUT2D eigenvalue weighted by Gasteiger charge is -2.28. The van der Waals surface area contributed by atoms with Crippen LogP contribution in [0.2, 0.25) is 0 Å². The molecule has 2 atom stereocenters. The Balaban J connectivity index is 2.15. The maximum atomic E-state index is 12.2. The van der Waals surface area contributed by atoms with Crippen LogP contribution >= 0.6 is 11.8 Å². The van der Waals surface area contributed by atoms with E-state index in [0.29, 0.717) is 18.8 Å². The number of thioether (sulfide) groups is 1. The van der Waals surface area contributed by atoms with E-state index in [1.54, 1.807) is 25.8 Å². The van der Waals surface area contributed by atoms with Crippen molar-refractivity contribution in [1.29, 1.82) is 0 Å². The molecule has 0 amide bonds. The number of anilines is 1. The fourth-order valence-corrected chi connectivity index (χ4v) is 3.51. The number of benzene rings is 1. The molecule has 1 saturated heterocycles. The van der Waals surface area contributed by atoms with E-state index in [-0.39, 0.29) is 17.7 Å². The van der Waals surface area contributed by atoms with Crippen LogP contribution in [0, 0.1) is 5.92 Å². The van der Waals surface area contributed by atoms with Gasteiger partial charge in [0.1, 0.15) is 17.6 Å². The molecule has 0 bridgehead atoms. The number of ether oxygens (including phenoxy) is 2. The second-order valence-corrected chi connectivity index (χ2v) is 6.15. The van der Waals surface area contributed by atoms with Gasteiger partial charge in [-0.15, -0.1) is 0 Å². The number of carbonyl (C=O) groups excluding carboxylic acids is 2. The van der Waals surface area contributed by atoms with Crippen molar-refractivity contribution in [1.82, 2.24) is 0 Å². The fraction of sp³-hybridized carbons (Fsp3) is 0.500. The van der Waals surface area contributed by atoms with Crippen molar-refractivity contribution < 1.29 is 19.1 Å². The maximum Gasteiger partial charge on any atom is 0.329 e. The molecule has 1 aromatic rings. The first-order chi connectivity index (χ1) is 10.7. The number of hydrogen-bond acceptors (Lipinski definition) is 6. The van der Waals surface area contributed by atoms with Gasteiger partial charge >= 0.3 is 5.97 Å². The second kappa shape index (κ2) is 8.08. The highest BCUT2D eigenvalue weighted by Gasteiger charge is 2.36. The largest absolute Gasteiger partial charge is 0.497 e. The quantitative estimate of drug-likeness (QED) is 0.811. The van der Waals surface area contributed by atoms with Gasteiger partial charge in [-0.25, -0.2) is 4.79 Å². The molecule has 1 aliphatic rings. The van der Waals surface area contributed by atoms with Crippen molar-refractivity contribution in [2.75, 3.05) is 30.5 Å². The lowest BCUT2D eigenvalue weighted by Crippen LogP contribution is -2.44. The molecule has 1 heterocycles. The van der Waals surface area contributed by atoms with Crippen LogP contribution in [-0.2, 0) is 14.3 Å². The SMILES string of the molecule is CCOC(=O)[C@H](Nc1ccc(OC)cc1)[C@H]1CSCCC1=O. The molecule has 22 heavy (non-hydrogen) atoms. The molecule has 0 unspecified atom stereocenters. The number of Topliss-reactive ketones (excluding diaryl/α,β-unsaturated/α-hetero) is 1. The van der Waals surface area contributed by atoms with Crippen molar-refractivity contribution in [3.8, 4) is 5.75 Å². The number of methoxy groups -OCH3 is 1. The van der Waals surface area contributed by atoms with Crippen LogP contribution in [0.4, 0.5) is 5.69 Å². The van der Waals surface area contributed by atoms with Crippen molar-refractivity contribution in [2.45, 2.75) is 19.4 Å². The van der Waals surface area contributed by atoms with E-state index in [1.165, 1.54) is 0 Å². The fourth-order valence-electron chi connectivity index (χ4n) is 2.37. The average molecular weight is 323 g/mol. The van der Waals surface area contributed by atoms with Gasteiger partial charge in [-0.2, -0.15) is 11.8 Å². The second-order valence-electron chi connectivity index (χ2n) is 5.00. The topological polar surface area (TPSA) is 64.6 Å². The summed E-state index contributed by atoms with van der Waals surface area (Å²) in [4.78, 5) is 24.4. The first-order valence-corrected chi connectivity index (χ1v) is 8.49. The molecule has 1 aromatic carbocycles. The average Bonchev–Trinajstić information content (AvgIpc) is 2.54. The molecular formula is C16H21NO4S. The summed E-state index contributed by atoms with van der Waals surface area (Å²) in [5.74, 6) is 1.61. The molecule has 5 nitrogen and oxygen atoms in total. The summed E-state index contributed by atoms with van der Waals surface area (Å²) in [7, 11) is 1.60. The summed E-state index contributed by atoms with van der Waals surface area (Å²) in [5.41, 5.74) is 0.766. The lowest BCUT2D eigenvalue weighted by molar-refractivity contribution is -0.147. The van der Waals surface area contributed by atoms with Gasteiger partial charge in [-0.05, 0) is 31.2 Å². The molecule has 0 saturated carbocycles. The van der Waals surface area contributed by atoms with E-state index in [2.05, 4.69) is 5.32 Å². The van der Waals surface area contributed by atoms with Gasteiger partial charge in [-0.1, -0.05) is 0 Å². The molecule has 1 N–H and O–H groups in total. The summed E-state index contributed by atoms with van der Waals surface area (Å²) < 4.78 is 10.3. The highest BCUT2D eigenvalue weighted by molar-refractivity contribution is 7.99. The Morgan fingerprint density at radius 3 is 2.73 bits per heavy atom. The molecule has 0 spiro atoms. The predicted octanol–water partition coefficient (Wildman–Crippen LogP) is 2.36. The van der Waals surface area contributed by atoms with E-state index in [9.17, 15) is 9.59 Å². The number of ketones is 1. The summed E-state index contributed by atoms with van der Waals surface area (Å²) in [6.45, 7) is 2.06. The van der Waals surface area contributed by atoms with Crippen LogP contribution in [0.5, 0.6) is 5.75 Å². The van der Waals surface area contributed by atoms with Crippen LogP contribution in [0.3, 0.4) is 0 Å². The lowest BCUT2D eigenvalue weighted by atomic mass is 9.94. The monoisotopic (exact) mass is 323 g/mol. The van der Waals surface area contributed by atoms with E-state index in [0.717, 1.165) is 17.2 Å². The smallest absolute Gasteiger partial charge is 0.329 e. The van der Waals surface area contributed by atoms with Crippen LogP contribution in [0.15, 0.2) is 24.3 Å². The molecule has 1 fully saturated rings. The van der Waals surface area contributed by atoms with Gasteiger partial charge in [-0.3, -0.25) is 4.79 Å². The highest BCUT2D eigenvalue weighted by Crippen LogP contribution is 2.26. The Morgan fingerprint density at radius 1 is 1.41 bits per heavy atom. The van der Waals surface area contributed by atoms with Crippen LogP contribution < -0.4 is 10.1 Å². The number of rotatable bonds is 6. The Labute approximate surface area is 134 Å². The van der Waals surface area contributed by atoms with Gasteiger partial charge in [0.2, 0.25) is 0 Å². The third-order valence-electron chi connectivity index (χ3n) is 3.56. The summed E-state index contributed by atoms with van der Waals surface area (Å²) in [6.07, 6.45) is 0.509. The number of carbonyl (C=O) groups is 2. The minimum Gasteiger partial charge on any atom is -0.497 e. The predicted molar refractivity (Wildman–Crippen MR) is 87.5 cm³/mol. The molecule has 0 aromatic heterocycles. The standard InChI is InChI=1S/C16H21NO4S/c1-3-21-16(19)15(13-10-22-9-8-14(13)18)17-11-4-6-12(20-2)7-5-11/h4-7,13,15,17H,3,8-10H2,1-2H3/t13-,15+/m0/s1. The van der Waals surface area contributed by atoms with Crippen molar-refractivity contribution in [3.05, 3.63) is 24.3 Å². The highest BCUT2D eigenvalue weighted by atomic mass is 32.2. The van der Waals surface area contributed by atoms with Crippen molar-refractivity contribution in [2.24, 2.45) is 5.92 Å². The molecule has 0 aliphatic carbocycles. The van der Waals surface area contributed by atoms with E-state index in [4.69, 9.17) is 9.47 Å². The minimum atomic E-state index is -0.645. The number of nitrogens with one attached hydrogen (secondary N) is 1. The normalized spacial score (nSPS) is 19.4. The van der Waals surface area contributed by atoms with Crippen LogP contribution in [0.1, 0.15) is 13.3 Å². The third-order valence-corrected chi connectivity index (χ3v) is 4.65. The first kappa shape index (κ1) is 16.7. The Morgan fingerprint density at radius 2 is 2.14 bits per heavy atom. The van der Waals surface area contributed by atoms with Gasteiger partial charge in [0.05, 0.1) is 19.6 Å². The van der Waals surface area contributed by atoms with E-state index >= 15 is 0 Å². The number of esters is 1. The maximum absolute atomic E-state index is 12.2. The zero-order valence-electron chi connectivity index (χ0n) is 12.8. The molecule has 120 valence electrons. The van der Waals surface area contributed by atoms with Crippen molar-refractivity contribution >= 4 is 29.2 Å². The van der Waals surface area contributed by atoms with E-state index < -0.39 is 6.04 Å². The summed E-state index contributed by atoms with van der Waals surface area (Å²) >= 11 is 1.70. The molecular weight excluding hydrogens is 302 g/mol. The minimum absolute atomic E-state index is 0.123. The third kappa shape index (κ3) is 4.16. The van der Waals surface area contributed by atoms with E-state index in [1.807, 2.05) is 24.3 Å². The first-order valence-electron chi connectivity index (χ1n) is 7.33. The molecule has 2 rings (SSSR count). The zero-order valence-corrected chi connectivity index (χ0v) is 13.7. The van der Waals surface area contributed by atoms with Gasteiger partial charge in [0.25, 0.3) is 0 Å². The molecule has 1 aliphatic heterocycles. The summed E-state index contributed by atoms with van der Waals surface area (Å²) in [5, 5.41) is 3.15. The number of hydrogen-bond donors (Lipinski definition) is 1. The molecule has 0 radical (unpaired) electrons. The Kier molecular flexibility index (Phi) is 6.12. The zero-order chi connectivity index (χ0) is 15.9. The van der Waals surface area contributed by atoms with Crippen molar-refractivity contribution in [3.63, 3.8) is 0 Å². The molecule has 6 heteroatoms. The van der Waals surface area contributed by atoms with Crippen LogP contribution in [-0.4, -0.2) is 43.0 Å². The Hall–Kier alpha value is -1.69. The van der Waals surface area contributed by atoms with Gasteiger partial charge in [0.15, 0.2) is 0 Å². The van der Waals surface area contributed by atoms with Crippen LogP contribution in [0.25, 0.3) is 0 Å².